The first-order chi connectivity index (χ1) is 11.2. The van der Waals surface area contributed by atoms with Crippen LogP contribution in [0, 0.1) is 6.92 Å². The number of carbonyl (C=O) groups is 1. The van der Waals surface area contributed by atoms with Gasteiger partial charge in [-0.15, -0.1) is 10.2 Å². The third-order valence-electron chi connectivity index (χ3n) is 3.16. The summed E-state index contributed by atoms with van der Waals surface area (Å²) in [6, 6.07) is 7.86. The van der Waals surface area contributed by atoms with Crippen LogP contribution in [0.5, 0.6) is 5.75 Å². The number of hydrogen-bond acceptors (Lipinski definition) is 5. The molecule has 0 atom stereocenters. The van der Waals surface area contributed by atoms with Crippen molar-refractivity contribution in [3.05, 3.63) is 35.7 Å². The van der Waals surface area contributed by atoms with Gasteiger partial charge in [0.2, 0.25) is 5.91 Å². The summed E-state index contributed by atoms with van der Waals surface area (Å²) in [4.78, 5) is 11.9. The van der Waals surface area contributed by atoms with Gasteiger partial charge in [0.15, 0.2) is 11.0 Å². The molecule has 1 N–H and O–H groups in total. The quantitative estimate of drug-likeness (QED) is 0.813. The van der Waals surface area contributed by atoms with Crippen LogP contribution < -0.4 is 10.1 Å². The molecule has 0 saturated carbocycles. The van der Waals surface area contributed by atoms with Gasteiger partial charge in [0.1, 0.15) is 12.4 Å². The standard InChI is InChI=1S/C17H24N4O2S/c1-12-6-8-13(9-7-12)23-10-14-19-20-16(21(14)5)24-11-15(22)18-17(2,3)4/h6-9H,10-11H2,1-5H3,(H,18,22). The molecule has 0 fully saturated rings. The minimum atomic E-state index is -0.232. The highest BCUT2D eigenvalue weighted by Gasteiger charge is 2.16. The Bertz CT molecular complexity index is 690. The first-order valence-electron chi connectivity index (χ1n) is 7.76. The number of aromatic nitrogens is 3. The maximum atomic E-state index is 11.9. The molecule has 1 aromatic heterocycles. The van der Waals surface area contributed by atoms with Crippen LogP contribution in [0.3, 0.4) is 0 Å². The Labute approximate surface area is 147 Å². The molecule has 24 heavy (non-hydrogen) atoms. The van der Waals surface area contributed by atoms with E-state index in [1.165, 1.54) is 17.3 Å². The van der Waals surface area contributed by atoms with Crippen molar-refractivity contribution in [3.8, 4) is 5.75 Å². The summed E-state index contributed by atoms with van der Waals surface area (Å²) >= 11 is 1.36. The fourth-order valence-electron chi connectivity index (χ4n) is 1.96. The van der Waals surface area contributed by atoms with E-state index in [0.717, 1.165) is 5.75 Å². The molecule has 0 spiro atoms. The summed E-state index contributed by atoms with van der Waals surface area (Å²) in [5.74, 6) is 1.80. The van der Waals surface area contributed by atoms with E-state index in [1.807, 2.05) is 63.6 Å². The molecule has 0 radical (unpaired) electrons. The van der Waals surface area contributed by atoms with Gasteiger partial charge < -0.3 is 14.6 Å². The Morgan fingerprint density at radius 3 is 2.54 bits per heavy atom. The predicted octanol–water partition coefficient (Wildman–Crippen LogP) is 2.71. The van der Waals surface area contributed by atoms with E-state index in [0.29, 0.717) is 23.3 Å². The molecule has 2 aromatic rings. The average Bonchev–Trinajstić information content (AvgIpc) is 2.83. The van der Waals surface area contributed by atoms with Crippen LogP contribution in [-0.4, -0.2) is 32.0 Å². The van der Waals surface area contributed by atoms with Crippen molar-refractivity contribution in [2.45, 2.75) is 45.0 Å². The Hall–Kier alpha value is -2.02. The van der Waals surface area contributed by atoms with Gasteiger partial charge in [0.25, 0.3) is 0 Å². The topological polar surface area (TPSA) is 69.0 Å². The van der Waals surface area contributed by atoms with E-state index < -0.39 is 0 Å². The number of amides is 1. The van der Waals surface area contributed by atoms with Crippen LogP contribution in [0.15, 0.2) is 29.4 Å². The summed E-state index contributed by atoms with van der Waals surface area (Å²) < 4.78 is 7.57. The molecular formula is C17H24N4O2S. The average molecular weight is 348 g/mol. The van der Waals surface area contributed by atoms with Crippen molar-refractivity contribution in [2.75, 3.05) is 5.75 Å². The third-order valence-corrected chi connectivity index (χ3v) is 4.18. The lowest BCUT2D eigenvalue weighted by Gasteiger charge is -2.20. The van der Waals surface area contributed by atoms with E-state index in [4.69, 9.17) is 4.74 Å². The lowest BCUT2D eigenvalue weighted by Crippen LogP contribution is -2.41. The highest BCUT2D eigenvalue weighted by atomic mass is 32.2. The zero-order chi connectivity index (χ0) is 17.7. The molecule has 1 aromatic carbocycles. The molecule has 7 heteroatoms. The van der Waals surface area contributed by atoms with E-state index in [2.05, 4.69) is 15.5 Å². The molecule has 0 unspecified atom stereocenters. The minimum Gasteiger partial charge on any atom is -0.486 e. The maximum Gasteiger partial charge on any atom is 0.230 e. The Kier molecular flexibility index (Phi) is 5.88. The third kappa shape index (κ3) is 5.56. The number of rotatable bonds is 6. The van der Waals surface area contributed by atoms with E-state index in [1.54, 1.807) is 0 Å². The molecule has 130 valence electrons. The van der Waals surface area contributed by atoms with Crippen LogP contribution in [0.25, 0.3) is 0 Å². The lowest BCUT2D eigenvalue weighted by atomic mass is 10.1. The molecule has 0 bridgehead atoms. The second kappa shape index (κ2) is 7.70. The molecule has 6 nitrogen and oxygen atoms in total. The molecular weight excluding hydrogens is 324 g/mol. The second-order valence-corrected chi connectivity index (χ2v) is 7.59. The van der Waals surface area contributed by atoms with Gasteiger partial charge in [-0.2, -0.15) is 0 Å². The van der Waals surface area contributed by atoms with Gasteiger partial charge in [0.05, 0.1) is 5.75 Å². The Morgan fingerprint density at radius 1 is 1.25 bits per heavy atom. The summed E-state index contributed by atoms with van der Waals surface area (Å²) in [6.45, 7) is 8.24. The number of hydrogen-bond donors (Lipinski definition) is 1. The molecule has 1 heterocycles. The van der Waals surface area contributed by atoms with Gasteiger partial charge in [-0.3, -0.25) is 4.79 Å². The fraction of sp³-hybridized carbons (Fsp3) is 0.471. The van der Waals surface area contributed by atoms with Crippen LogP contribution in [-0.2, 0) is 18.4 Å². The summed E-state index contributed by atoms with van der Waals surface area (Å²) in [5, 5.41) is 11.9. The number of thioether (sulfide) groups is 1. The first kappa shape index (κ1) is 18.3. The number of nitrogens with zero attached hydrogens (tertiary/aromatic N) is 3. The number of ether oxygens (including phenoxy) is 1. The highest BCUT2D eigenvalue weighted by Crippen LogP contribution is 2.18. The summed E-state index contributed by atoms with van der Waals surface area (Å²) in [7, 11) is 1.87. The Morgan fingerprint density at radius 2 is 1.92 bits per heavy atom. The SMILES string of the molecule is Cc1ccc(OCc2nnc(SCC(=O)NC(C)(C)C)n2C)cc1. The van der Waals surface area contributed by atoms with Crippen molar-refractivity contribution in [1.29, 1.82) is 0 Å². The van der Waals surface area contributed by atoms with E-state index >= 15 is 0 Å². The summed E-state index contributed by atoms with van der Waals surface area (Å²) in [5.41, 5.74) is 0.957. The second-order valence-electron chi connectivity index (χ2n) is 6.65. The van der Waals surface area contributed by atoms with E-state index in [9.17, 15) is 4.79 Å². The predicted molar refractivity (Wildman–Crippen MR) is 95.1 cm³/mol. The van der Waals surface area contributed by atoms with Crippen molar-refractivity contribution in [2.24, 2.45) is 7.05 Å². The largest absolute Gasteiger partial charge is 0.486 e. The normalized spacial score (nSPS) is 11.4. The highest BCUT2D eigenvalue weighted by molar-refractivity contribution is 7.99. The van der Waals surface area contributed by atoms with Crippen LogP contribution in [0.1, 0.15) is 32.2 Å². The van der Waals surface area contributed by atoms with Crippen molar-refractivity contribution in [3.63, 3.8) is 0 Å². The maximum absolute atomic E-state index is 11.9. The number of aryl methyl sites for hydroxylation is 1. The smallest absolute Gasteiger partial charge is 0.230 e. The van der Waals surface area contributed by atoms with Gasteiger partial charge in [-0.25, -0.2) is 0 Å². The zero-order valence-corrected chi connectivity index (χ0v) is 15.6. The van der Waals surface area contributed by atoms with Gasteiger partial charge in [-0.05, 0) is 39.8 Å². The van der Waals surface area contributed by atoms with Crippen LogP contribution in [0.4, 0.5) is 0 Å². The first-order valence-corrected chi connectivity index (χ1v) is 8.75. The van der Waals surface area contributed by atoms with Gasteiger partial charge >= 0.3 is 0 Å². The fourth-order valence-corrected chi connectivity index (χ4v) is 2.69. The van der Waals surface area contributed by atoms with Crippen LogP contribution >= 0.6 is 11.8 Å². The lowest BCUT2D eigenvalue weighted by molar-refractivity contribution is -0.119. The van der Waals surface area contributed by atoms with Crippen molar-refractivity contribution >= 4 is 17.7 Å². The van der Waals surface area contributed by atoms with Gasteiger partial charge in [0, 0.05) is 12.6 Å². The number of nitrogens with one attached hydrogen (secondary N) is 1. The van der Waals surface area contributed by atoms with Crippen molar-refractivity contribution in [1.82, 2.24) is 20.1 Å². The monoisotopic (exact) mass is 348 g/mol. The molecule has 0 aliphatic heterocycles. The van der Waals surface area contributed by atoms with Crippen LogP contribution in [0.2, 0.25) is 0 Å². The molecule has 0 aliphatic rings. The number of benzene rings is 1. The molecule has 0 saturated heterocycles. The molecule has 2 rings (SSSR count). The van der Waals surface area contributed by atoms with E-state index in [-0.39, 0.29) is 11.4 Å². The minimum absolute atomic E-state index is 0.0204. The molecule has 0 aliphatic carbocycles. The van der Waals surface area contributed by atoms with Crippen molar-refractivity contribution < 1.29 is 9.53 Å². The zero-order valence-electron chi connectivity index (χ0n) is 14.8. The number of carbonyl (C=O) groups excluding carboxylic acids is 1. The molecule has 1 amide bonds. The Balaban J connectivity index is 1.88. The van der Waals surface area contributed by atoms with Gasteiger partial charge in [-0.1, -0.05) is 29.5 Å². The summed E-state index contributed by atoms with van der Waals surface area (Å²) in [6.07, 6.45) is 0.